The van der Waals surface area contributed by atoms with Crippen LogP contribution in [0.2, 0.25) is 0 Å². The lowest BCUT2D eigenvalue weighted by Gasteiger charge is -2.30. The second-order valence-electron chi connectivity index (χ2n) is 7.75. The van der Waals surface area contributed by atoms with E-state index in [1.54, 1.807) is 11.8 Å². The molecule has 2 aliphatic carbocycles. The fourth-order valence-electron chi connectivity index (χ4n) is 3.81. The molecule has 1 unspecified atom stereocenters. The number of hydrogen-bond acceptors (Lipinski definition) is 4. The van der Waals surface area contributed by atoms with Gasteiger partial charge in [0.2, 0.25) is 5.91 Å². The number of aromatic nitrogens is 3. The van der Waals surface area contributed by atoms with Crippen molar-refractivity contribution in [2.24, 2.45) is 0 Å². The molecule has 0 bridgehead atoms. The van der Waals surface area contributed by atoms with Crippen LogP contribution < -0.4 is 0 Å². The van der Waals surface area contributed by atoms with Crippen molar-refractivity contribution < 1.29 is 4.79 Å². The van der Waals surface area contributed by atoms with E-state index in [4.69, 9.17) is 0 Å². The molecule has 0 N–H and O–H groups in total. The second kappa shape index (κ2) is 6.41. The lowest BCUT2D eigenvalue weighted by Crippen LogP contribution is -2.40. The Morgan fingerprint density at radius 3 is 2.65 bits per heavy atom. The number of nitrogens with zero attached hydrogens (tertiary/aromatic N) is 4. The molecule has 0 radical (unpaired) electrons. The molecule has 1 amide bonds. The second-order valence-corrected chi connectivity index (χ2v) is 9.06. The van der Waals surface area contributed by atoms with Gasteiger partial charge in [0.05, 0.1) is 5.25 Å². The van der Waals surface area contributed by atoms with Crippen LogP contribution in [0.5, 0.6) is 0 Å². The molecular formula is C20H24N4OS. The highest BCUT2D eigenvalue weighted by atomic mass is 32.2. The van der Waals surface area contributed by atoms with Gasteiger partial charge in [0.15, 0.2) is 5.16 Å². The van der Waals surface area contributed by atoms with Gasteiger partial charge in [0.25, 0.3) is 0 Å². The maximum atomic E-state index is 13.0. The molecule has 2 aromatic rings. The summed E-state index contributed by atoms with van der Waals surface area (Å²) in [5.74, 6) is 1.96. The minimum atomic E-state index is -0.131. The Bertz CT molecular complexity index is 840. The van der Waals surface area contributed by atoms with E-state index in [1.165, 1.54) is 36.8 Å². The molecule has 6 heteroatoms. The summed E-state index contributed by atoms with van der Waals surface area (Å²) >= 11 is 1.59. The first-order valence-electron chi connectivity index (χ1n) is 9.67. The van der Waals surface area contributed by atoms with E-state index in [9.17, 15) is 4.79 Å². The third-order valence-corrected chi connectivity index (χ3v) is 6.66. The van der Waals surface area contributed by atoms with Gasteiger partial charge in [-0.1, -0.05) is 36.0 Å². The van der Waals surface area contributed by atoms with Gasteiger partial charge in [-0.05, 0) is 50.2 Å². The van der Waals surface area contributed by atoms with Crippen molar-refractivity contribution >= 4 is 17.7 Å². The molecule has 0 saturated heterocycles. The summed E-state index contributed by atoms with van der Waals surface area (Å²) in [6.07, 6.45) is 5.85. The van der Waals surface area contributed by atoms with E-state index >= 15 is 0 Å². The molecular weight excluding hydrogens is 344 g/mol. The van der Waals surface area contributed by atoms with Gasteiger partial charge in [-0.3, -0.25) is 4.79 Å². The molecule has 1 aliphatic heterocycles. The number of fused-ring (bicyclic) bond motifs is 1. The average Bonchev–Trinajstić information content (AvgIpc) is 3.59. The Balaban J connectivity index is 1.30. The summed E-state index contributed by atoms with van der Waals surface area (Å²) in [4.78, 5) is 15.0. The topological polar surface area (TPSA) is 51.0 Å². The number of thioether (sulfide) groups is 1. The number of carbonyl (C=O) groups is 1. The van der Waals surface area contributed by atoms with Gasteiger partial charge < -0.3 is 9.47 Å². The van der Waals surface area contributed by atoms with Crippen LogP contribution in [-0.4, -0.2) is 37.4 Å². The first-order chi connectivity index (χ1) is 12.7. The number of amides is 1. The third kappa shape index (κ3) is 3.04. The zero-order valence-electron chi connectivity index (χ0n) is 15.1. The average molecular weight is 369 g/mol. The molecule has 5 nitrogen and oxygen atoms in total. The minimum absolute atomic E-state index is 0.131. The molecule has 3 aliphatic rings. The van der Waals surface area contributed by atoms with Crippen molar-refractivity contribution in [3.63, 3.8) is 0 Å². The van der Waals surface area contributed by atoms with Crippen LogP contribution in [0.15, 0.2) is 29.4 Å². The molecule has 2 heterocycles. The summed E-state index contributed by atoms with van der Waals surface area (Å²) in [7, 11) is 0. The number of rotatable bonds is 5. The monoisotopic (exact) mass is 368 g/mol. The Morgan fingerprint density at radius 2 is 1.92 bits per heavy atom. The summed E-state index contributed by atoms with van der Waals surface area (Å²) in [5.41, 5.74) is 2.65. The van der Waals surface area contributed by atoms with Crippen LogP contribution >= 0.6 is 11.8 Å². The van der Waals surface area contributed by atoms with Crippen LogP contribution in [0.3, 0.4) is 0 Å². The van der Waals surface area contributed by atoms with Crippen LogP contribution in [0.4, 0.5) is 0 Å². The molecule has 5 rings (SSSR count). The van der Waals surface area contributed by atoms with Gasteiger partial charge in [0, 0.05) is 25.0 Å². The predicted molar refractivity (Wildman–Crippen MR) is 101 cm³/mol. The zero-order valence-corrected chi connectivity index (χ0v) is 15.9. The van der Waals surface area contributed by atoms with E-state index in [2.05, 4.69) is 39.0 Å². The quantitative estimate of drug-likeness (QED) is 0.757. The van der Waals surface area contributed by atoms with Gasteiger partial charge in [-0.25, -0.2) is 0 Å². The molecule has 1 aromatic carbocycles. The van der Waals surface area contributed by atoms with E-state index in [0.717, 1.165) is 30.5 Å². The molecule has 2 fully saturated rings. The first kappa shape index (κ1) is 16.4. The summed E-state index contributed by atoms with van der Waals surface area (Å²) < 4.78 is 2.33. The molecule has 136 valence electrons. The van der Waals surface area contributed by atoms with Crippen molar-refractivity contribution in [2.75, 3.05) is 6.54 Å². The molecule has 26 heavy (non-hydrogen) atoms. The predicted octanol–water partition coefficient (Wildman–Crippen LogP) is 3.56. The highest BCUT2D eigenvalue weighted by Crippen LogP contribution is 2.46. The summed E-state index contributed by atoms with van der Waals surface area (Å²) in [5, 5.41) is 9.72. The first-order valence-corrected chi connectivity index (χ1v) is 10.6. The van der Waals surface area contributed by atoms with Crippen molar-refractivity contribution in [3.05, 3.63) is 41.2 Å². The van der Waals surface area contributed by atoms with Gasteiger partial charge in [-0.2, -0.15) is 0 Å². The van der Waals surface area contributed by atoms with Crippen LogP contribution in [-0.2, 0) is 17.8 Å². The normalized spacial score (nSPS) is 20.7. The lowest BCUT2D eigenvalue weighted by molar-refractivity contribution is -0.131. The fraction of sp³-hybridized carbons (Fsp3) is 0.550. The van der Waals surface area contributed by atoms with Gasteiger partial charge >= 0.3 is 0 Å². The Morgan fingerprint density at radius 1 is 1.15 bits per heavy atom. The molecule has 2 saturated carbocycles. The summed E-state index contributed by atoms with van der Waals surface area (Å²) in [6, 6.07) is 9.01. The maximum absolute atomic E-state index is 13.0. The number of hydrogen-bond donors (Lipinski definition) is 0. The van der Waals surface area contributed by atoms with Gasteiger partial charge in [0.1, 0.15) is 5.82 Å². The number of carbonyl (C=O) groups excluding carboxylic acids is 1. The number of benzene rings is 1. The minimum Gasteiger partial charge on any atom is -0.337 e. The van der Waals surface area contributed by atoms with Crippen molar-refractivity contribution in [1.82, 2.24) is 19.7 Å². The van der Waals surface area contributed by atoms with E-state index < -0.39 is 0 Å². The SMILES string of the molecule is CC(Sc1nnc(C2CC2)n1C1CC1)C(=O)N1CCc2ccccc2C1. The van der Waals surface area contributed by atoms with Gasteiger partial charge in [-0.15, -0.1) is 10.2 Å². The maximum Gasteiger partial charge on any atom is 0.236 e. The highest BCUT2D eigenvalue weighted by Gasteiger charge is 2.37. The third-order valence-electron chi connectivity index (χ3n) is 5.62. The molecule has 1 atom stereocenters. The largest absolute Gasteiger partial charge is 0.337 e. The van der Waals surface area contributed by atoms with Crippen molar-refractivity contribution in [1.29, 1.82) is 0 Å². The Kier molecular flexibility index (Phi) is 4.03. The van der Waals surface area contributed by atoms with Crippen molar-refractivity contribution in [2.45, 2.75) is 67.9 Å². The van der Waals surface area contributed by atoms with E-state index in [1.807, 2.05) is 11.8 Å². The smallest absolute Gasteiger partial charge is 0.236 e. The zero-order chi connectivity index (χ0) is 17.7. The van der Waals surface area contributed by atoms with E-state index in [-0.39, 0.29) is 11.2 Å². The molecule has 1 aromatic heterocycles. The molecule has 0 spiro atoms. The van der Waals surface area contributed by atoms with Crippen LogP contribution in [0.1, 0.15) is 61.5 Å². The Hall–Kier alpha value is -1.82. The van der Waals surface area contributed by atoms with E-state index in [0.29, 0.717) is 12.0 Å². The highest BCUT2D eigenvalue weighted by molar-refractivity contribution is 8.00. The van der Waals surface area contributed by atoms with Crippen LogP contribution in [0, 0.1) is 0 Å². The summed E-state index contributed by atoms with van der Waals surface area (Å²) in [6.45, 7) is 3.54. The Labute approximate surface area is 158 Å². The fourth-order valence-corrected chi connectivity index (χ4v) is 4.82. The van der Waals surface area contributed by atoms with Crippen molar-refractivity contribution in [3.8, 4) is 0 Å². The lowest BCUT2D eigenvalue weighted by atomic mass is 10.00. The van der Waals surface area contributed by atoms with Crippen LogP contribution in [0.25, 0.3) is 0 Å². The standard InChI is InChI=1S/C20H24N4OS/c1-13(19(25)23-11-10-14-4-2-3-5-16(14)12-23)26-20-22-21-18(15-6-7-15)24(20)17-8-9-17/h2-5,13,15,17H,6-12H2,1H3.